The first-order valence-electron chi connectivity index (χ1n) is 6.57. The van der Waals surface area contributed by atoms with Gasteiger partial charge in [0.2, 0.25) is 0 Å². The minimum absolute atomic E-state index is 0.501. The molecule has 1 aliphatic rings. The van der Waals surface area contributed by atoms with E-state index in [0.29, 0.717) is 5.92 Å². The third-order valence-corrected chi connectivity index (χ3v) is 3.61. The van der Waals surface area contributed by atoms with Gasteiger partial charge < -0.3 is 4.42 Å². The molecule has 1 aliphatic carbocycles. The van der Waals surface area contributed by atoms with Gasteiger partial charge in [-0.05, 0) is 18.9 Å². The van der Waals surface area contributed by atoms with Crippen molar-refractivity contribution in [1.82, 2.24) is 4.98 Å². The Labute approximate surface area is 107 Å². The van der Waals surface area contributed by atoms with Crippen molar-refractivity contribution in [3.05, 3.63) is 48.6 Å². The van der Waals surface area contributed by atoms with Crippen LogP contribution in [-0.4, -0.2) is 4.98 Å². The Morgan fingerprint density at radius 3 is 2.56 bits per heavy atom. The maximum Gasteiger partial charge on any atom is 0.198 e. The summed E-state index contributed by atoms with van der Waals surface area (Å²) >= 11 is 0. The number of nitrogens with zero attached hydrogens (tertiary/aromatic N) is 1. The molecule has 0 saturated heterocycles. The van der Waals surface area contributed by atoms with Gasteiger partial charge in [-0.1, -0.05) is 49.8 Å². The Morgan fingerprint density at radius 2 is 1.89 bits per heavy atom. The number of oxazole rings is 1. The summed E-state index contributed by atoms with van der Waals surface area (Å²) in [5, 5.41) is 0. The minimum atomic E-state index is 0.501. The Hall–Kier alpha value is -1.83. The van der Waals surface area contributed by atoms with Gasteiger partial charge in [-0.25, -0.2) is 4.98 Å². The molecule has 2 aromatic rings. The molecule has 0 atom stereocenters. The molecule has 3 rings (SSSR count). The van der Waals surface area contributed by atoms with E-state index in [2.05, 4.69) is 18.7 Å². The summed E-state index contributed by atoms with van der Waals surface area (Å²) in [4.78, 5) is 4.70. The molecule has 92 valence electrons. The summed E-state index contributed by atoms with van der Waals surface area (Å²) in [7, 11) is 0. The lowest BCUT2D eigenvalue weighted by Crippen LogP contribution is -1.91. The second kappa shape index (κ2) is 4.81. The number of rotatable bonds is 3. The van der Waals surface area contributed by atoms with Crippen LogP contribution in [0.25, 0.3) is 17.3 Å². The fraction of sp³-hybridized carbons (Fsp3) is 0.312. The van der Waals surface area contributed by atoms with Gasteiger partial charge >= 0.3 is 0 Å². The Bertz CT molecular complexity index is 535. The van der Waals surface area contributed by atoms with Crippen LogP contribution in [0.5, 0.6) is 0 Å². The summed E-state index contributed by atoms with van der Waals surface area (Å²) in [6, 6.07) is 10.2. The molecule has 0 amide bonds. The van der Waals surface area contributed by atoms with E-state index >= 15 is 0 Å². The van der Waals surface area contributed by atoms with Gasteiger partial charge in [0.25, 0.3) is 0 Å². The summed E-state index contributed by atoms with van der Waals surface area (Å²) in [6.07, 6.45) is 6.73. The molecule has 1 aromatic carbocycles. The highest BCUT2D eigenvalue weighted by molar-refractivity contribution is 5.68. The molecule has 0 bridgehead atoms. The van der Waals surface area contributed by atoms with Crippen LogP contribution in [0.15, 0.2) is 41.3 Å². The first-order valence-corrected chi connectivity index (χ1v) is 6.57. The zero-order valence-corrected chi connectivity index (χ0v) is 10.4. The second-order valence-electron chi connectivity index (χ2n) is 4.82. The Kier molecular flexibility index (Phi) is 3.01. The number of benzene rings is 1. The fourth-order valence-electron chi connectivity index (χ4n) is 2.64. The predicted octanol–water partition coefficient (Wildman–Crippen LogP) is 4.64. The predicted molar refractivity (Wildman–Crippen MR) is 73.2 cm³/mol. The molecule has 1 saturated carbocycles. The molecule has 1 aromatic heterocycles. The average molecular weight is 239 g/mol. The largest absolute Gasteiger partial charge is 0.440 e. The third kappa shape index (κ3) is 1.99. The second-order valence-corrected chi connectivity index (χ2v) is 4.82. The van der Waals surface area contributed by atoms with Crippen molar-refractivity contribution in [3.8, 4) is 11.3 Å². The van der Waals surface area contributed by atoms with Gasteiger partial charge in [0.15, 0.2) is 11.7 Å². The Balaban J connectivity index is 2.01. The van der Waals surface area contributed by atoms with Crippen LogP contribution < -0.4 is 0 Å². The fourth-order valence-corrected chi connectivity index (χ4v) is 2.64. The highest BCUT2D eigenvalue weighted by atomic mass is 16.4. The molecule has 0 spiro atoms. The van der Waals surface area contributed by atoms with E-state index < -0.39 is 0 Å². The number of aromatic nitrogens is 1. The van der Waals surface area contributed by atoms with E-state index in [1.54, 1.807) is 6.08 Å². The first-order chi connectivity index (χ1) is 8.88. The number of hydrogen-bond donors (Lipinski definition) is 0. The van der Waals surface area contributed by atoms with Crippen molar-refractivity contribution < 1.29 is 4.42 Å². The lowest BCUT2D eigenvalue weighted by atomic mass is 10.1. The maximum absolute atomic E-state index is 5.87. The van der Waals surface area contributed by atoms with E-state index in [0.717, 1.165) is 22.9 Å². The smallest absolute Gasteiger partial charge is 0.198 e. The van der Waals surface area contributed by atoms with E-state index in [9.17, 15) is 0 Å². The molecule has 18 heavy (non-hydrogen) atoms. The minimum Gasteiger partial charge on any atom is -0.440 e. The van der Waals surface area contributed by atoms with Gasteiger partial charge in [-0.15, -0.1) is 0 Å². The quantitative estimate of drug-likeness (QED) is 0.779. The van der Waals surface area contributed by atoms with Crippen molar-refractivity contribution in [2.45, 2.75) is 31.6 Å². The molecule has 0 aliphatic heterocycles. The molecule has 0 unspecified atom stereocenters. The molecule has 1 fully saturated rings. The van der Waals surface area contributed by atoms with Crippen molar-refractivity contribution in [2.75, 3.05) is 0 Å². The summed E-state index contributed by atoms with van der Waals surface area (Å²) < 4.78 is 5.87. The van der Waals surface area contributed by atoms with Crippen molar-refractivity contribution >= 4 is 6.08 Å². The monoisotopic (exact) mass is 239 g/mol. The lowest BCUT2D eigenvalue weighted by molar-refractivity contribution is 0.443. The molecular weight excluding hydrogens is 222 g/mol. The van der Waals surface area contributed by atoms with Crippen LogP contribution in [0.2, 0.25) is 0 Å². The van der Waals surface area contributed by atoms with E-state index in [1.807, 2.05) is 18.2 Å². The zero-order valence-electron chi connectivity index (χ0n) is 10.4. The van der Waals surface area contributed by atoms with Crippen LogP contribution in [0.4, 0.5) is 0 Å². The summed E-state index contributed by atoms with van der Waals surface area (Å²) in [5.74, 6) is 2.19. The van der Waals surface area contributed by atoms with Crippen molar-refractivity contribution in [2.24, 2.45) is 0 Å². The third-order valence-electron chi connectivity index (χ3n) is 3.61. The van der Waals surface area contributed by atoms with Crippen LogP contribution in [0.1, 0.15) is 43.3 Å². The number of hydrogen-bond acceptors (Lipinski definition) is 2. The summed E-state index contributed by atoms with van der Waals surface area (Å²) in [6.45, 7) is 3.82. The highest BCUT2D eigenvalue weighted by Crippen LogP contribution is 2.36. The molecule has 1 heterocycles. The molecule has 2 heteroatoms. The van der Waals surface area contributed by atoms with E-state index in [-0.39, 0.29) is 0 Å². The van der Waals surface area contributed by atoms with E-state index in [4.69, 9.17) is 9.40 Å². The molecule has 2 nitrogen and oxygen atoms in total. The molecule has 0 N–H and O–H groups in total. The highest BCUT2D eigenvalue weighted by Gasteiger charge is 2.23. The van der Waals surface area contributed by atoms with Crippen LogP contribution in [0, 0.1) is 0 Å². The SMILES string of the molecule is C=Cc1oc(C2CCCC2)nc1-c1ccccc1. The summed E-state index contributed by atoms with van der Waals surface area (Å²) in [5.41, 5.74) is 2.02. The van der Waals surface area contributed by atoms with Gasteiger partial charge in [0.05, 0.1) is 0 Å². The Morgan fingerprint density at radius 1 is 1.17 bits per heavy atom. The standard InChI is InChI=1S/C16H17NO/c1-2-14-15(12-8-4-3-5-9-12)17-16(18-14)13-10-6-7-11-13/h2-5,8-9,13H,1,6-7,10-11H2. The van der Waals surface area contributed by atoms with Gasteiger partial charge in [0.1, 0.15) is 5.69 Å². The molecule has 0 radical (unpaired) electrons. The first kappa shape index (κ1) is 11.3. The average Bonchev–Trinajstić information content (AvgIpc) is 3.08. The molecular formula is C16H17NO. The zero-order chi connectivity index (χ0) is 12.4. The normalized spacial score (nSPS) is 16.0. The van der Waals surface area contributed by atoms with Crippen molar-refractivity contribution in [1.29, 1.82) is 0 Å². The lowest BCUT2D eigenvalue weighted by Gasteiger charge is -2.01. The van der Waals surface area contributed by atoms with Gasteiger partial charge in [0, 0.05) is 11.5 Å². The van der Waals surface area contributed by atoms with E-state index in [1.165, 1.54) is 25.7 Å². The van der Waals surface area contributed by atoms with Crippen molar-refractivity contribution in [3.63, 3.8) is 0 Å². The topological polar surface area (TPSA) is 26.0 Å². The van der Waals surface area contributed by atoms with Crippen LogP contribution in [-0.2, 0) is 0 Å². The van der Waals surface area contributed by atoms with Gasteiger partial charge in [-0.3, -0.25) is 0 Å². The van der Waals surface area contributed by atoms with Crippen LogP contribution in [0.3, 0.4) is 0 Å². The van der Waals surface area contributed by atoms with Gasteiger partial charge in [-0.2, -0.15) is 0 Å². The maximum atomic E-state index is 5.87. The van der Waals surface area contributed by atoms with Crippen LogP contribution >= 0.6 is 0 Å².